The predicted octanol–water partition coefficient (Wildman–Crippen LogP) is 3.52. The van der Waals surface area contributed by atoms with Crippen LogP contribution in [-0.4, -0.2) is 29.6 Å². The smallest absolute Gasteiger partial charge is 0.0485 e. The molecule has 1 heterocycles. The van der Waals surface area contributed by atoms with Crippen LogP contribution in [0.5, 0.6) is 0 Å². The zero-order valence-corrected chi connectivity index (χ0v) is 11.8. The number of nitrogens with zero attached hydrogens (tertiary/aromatic N) is 2. The van der Waals surface area contributed by atoms with Crippen molar-refractivity contribution < 1.29 is 0 Å². The highest BCUT2D eigenvalue weighted by atomic mass is 15.1. The van der Waals surface area contributed by atoms with Crippen LogP contribution >= 0.6 is 0 Å². The number of rotatable bonds is 2. The molecule has 2 nitrogen and oxygen atoms in total. The summed E-state index contributed by atoms with van der Waals surface area (Å²) in [6.07, 6.45) is 4.83. The Morgan fingerprint density at radius 2 is 1.78 bits per heavy atom. The molecule has 1 aliphatic carbocycles. The van der Waals surface area contributed by atoms with Gasteiger partial charge in [-0.05, 0) is 75.5 Å². The molecule has 1 aromatic carbocycles. The van der Waals surface area contributed by atoms with E-state index in [-0.39, 0.29) is 0 Å². The average Bonchev–Trinajstić information content (AvgIpc) is 2.60. The van der Waals surface area contributed by atoms with E-state index in [1.807, 2.05) is 0 Å². The van der Waals surface area contributed by atoms with Crippen molar-refractivity contribution in [1.29, 1.82) is 0 Å². The van der Waals surface area contributed by atoms with Crippen molar-refractivity contribution in [3.8, 4) is 0 Å². The molecule has 1 aliphatic rings. The predicted molar refractivity (Wildman–Crippen MR) is 77.2 cm³/mol. The summed E-state index contributed by atoms with van der Waals surface area (Å²) < 4.78 is 2.47. The summed E-state index contributed by atoms with van der Waals surface area (Å²) in [5.41, 5.74) is 4.19. The summed E-state index contributed by atoms with van der Waals surface area (Å²) in [4.78, 5) is 2.34. The molecule has 0 unspecified atom stereocenters. The fourth-order valence-corrected chi connectivity index (χ4v) is 2.95. The molecule has 1 saturated carbocycles. The number of benzene rings is 1. The number of fused-ring (bicyclic) bond motifs is 1. The highest BCUT2D eigenvalue weighted by molar-refractivity contribution is 5.82. The molecular weight excluding hydrogens is 220 g/mol. The maximum Gasteiger partial charge on any atom is 0.0485 e. The summed E-state index contributed by atoms with van der Waals surface area (Å²) in [6, 6.07) is 8.36. The van der Waals surface area contributed by atoms with Crippen LogP contribution in [0.25, 0.3) is 10.9 Å². The van der Waals surface area contributed by atoms with Gasteiger partial charge in [-0.1, -0.05) is 0 Å². The first-order valence-electron chi connectivity index (χ1n) is 6.80. The van der Waals surface area contributed by atoms with Gasteiger partial charge in [-0.25, -0.2) is 0 Å². The first-order valence-corrected chi connectivity index (χ1v) is 6.80. The van der Waals surface area contributed by atoms with E-state index >= 15 is 0 Å². The van der Waals surface area contributed by atoms with Crippen molar-refractivity contribution in [3.05, 3.63) is 35.5 Å². The van der Waals surface area contributed by atoms with Gasteiger partial charge in [0.2, 0.25) is 0 Å². The largest absolute Gasteiger partial charge is 0.344 e. The van der Waals surface area contributed by atoms with E-state index in [9.17, 15) is 0 Å². The van der Waals surface area contributed by atoms with Crippen molar-refractivity contribution in [2.75, 3.05) is 14.1 Å². The van der Waals surface area contributed by atoms with Gasteiger partial charge >= 0.3 is 0 Å². The molecule has 0 bridgehead atoms. The first kappa shape index (κ1) is 11.8. The van der Waals surface area contributed by atoms with Crippen molar-refractivity contribution in [3.63, 3.8) is 0 Å². The van der Waals surface area contributed by atoms with Crippen molar-refractivity contribution in [2.24, 2.45) is 0 Å². The molecule has 1 aromatic heterocycles. The van der Waals surface area contributed by atoms with Gasteiger partial charge in [-0.15, -0.1) is 0 Å². The van der Waals surface area contributed by atoms with E-state index in [1.165, 1.54) is 34.9 Å². The monoisotopic (exact) mass is 242 g/mol. The van der Waals surface area contributed by atoms with Crippen LogP contribution in [0.15, 0.2) is 24.4 Å². The van der Waals surface area contributed by atoms with Crippen LogP contribution < -0.4 is 0 Å². The Bertz CT molecular complexity index is 574. The lowest BCUT2D eigenvalue weighted by atomic mass is 9.85. The molecule has 2 heteroatoms. The van der Waals surface area contributed by atoms with E-state index in [1.54, 1.807) is 0 Å². The van der Waals surface area contributed by atoms with Gasteiger partial charge in [0.15, 0.2) is 0 Å². The second kappa shape index (κ2) is 4.13. The van der Waals surface area contributed by atoms with E-state index in [0.29, 0.717) is 6.04 Å². The van der Waals surface area contributed by atoms with Crippen molar-refractivity contribution >= 4 is 10.9 Å². The molecule has 18 heavy (non-hydrogen) atoms. The number of aryl methyl sites for hydroxylation is 2. The van der Waals surface area contributed by atoms with Gasteiger partial charge in [-0.3, -0.25) is 0 Å². The second-order valence-electron chi connectivity index (χ2n) is 5.96. The van der Waals surface area contributed by atoms with Crippen molar-refractivity contribution in [2.45, 2.75) is 38.8 Å². The molecule has 2 aromatic rings. The number of hydrogen-bond acceptors (Lipinski definition) is 1. The van der Waals surface area contributed by atoms with Crippen molar-refractivity contribution in [1.82, 2.24) is 9.47 Å². The molecule has 0 saturated heterocycles. The van der Waals surface area contributed by atoms with Crippen LogP contribution in [0.4, 0.5) is 0 Å². The van der Waals surface area contributed by atoms with Crippen LogP contribution in [0, 0.1) is 13.8 Å². The lowest BCUT2D eigenvalue weighted by Gasteiger charge is -2.40. The van der Waals surface area contributed by atoms with Crippen LogP contribution in [0.2, 0.25) is 0 Å². The van der Waals surface area contributed by atoms with Crippen LogP contribution in [-0.2, 0) is 0 Å². The average molecular weight is 242 g/mol. The molecule has 0 amide bonds. The third-order valence-corrected chi connectivity index (χ3v) is 4.55. The number of hydrogen-bond donors (Lipinski definition) is 0. The third kappa shape index (κ3) is 1.76. The summed E-state index contributed by atoms with van der Waals surface area (Å²) in [7, 11) is 4.37. The molecule has 0 atom stereocenters. The van der Waals surface area contributed by atoms with E-state index in [4.69, 9.17) is 0 Å². The SMILES string of the molecule is Cc1cc2ccn(C3CC(N(C)C)C3)c2cc1C. The van der Waals surface area contributed by atoms with Crippen LogP contribution in [0.1, 0.15) is 30.0 Å². The molecule has 0 aliphatic heterocycles. The van der Waals surface area contributed by atoms with Gasteiger partial charge in [0.25, 0.3) is 0 Å². The third-order valence-electron chi connectivity index (χ3n) is 4.55. The Labute approximate surface area is 109 Å². The van der Waals surface area contributed by atoms with Gasteiger partial charge in [0, 0.05) is 23.8 Å². The van der Waals surface area contributed by atoms with Gasteiger partial charge < -0.3 is 9.47 Å². The number of aromatic nitrogens is 1. The van der Waals surface area contributed by atoms with Gasteiger partial charge in [-0.2, -0.15) is 0 Å². The quantitative estimate of drug-likeness (QED) is 0.782. The lowest BCUT2D eigenvalue weighted by Crippen LogP contribution is -2.41. The molecule has 0 radical (unpaired) electrons. The standard InChI is InChI=1S/C16H22N2/c1-11-7-13-5-6-18(16(13)8-12(11)2)15-9-14(10-15)17(3)4/h5-8,14-15H,9-10H2,1-4H3. The minimum atomic E-state index is 0.692. The highest BCUT2D eigenvalue weighted by Crippen LogP contribution is 2.37. The zero-order chi connectivity index (χ0) is 12.9. The molecular formula is C16H22N2. The molecule has 0 N–H and O–H groups in total. The van der Waals surface area contributed by atoms with Crippen LogP contribution in [0.3, 0.4) is 0 Å². The molecule has 0 spiro atoms. The Morgan fingerprint density at radius 3 is 2.44 bits per heavy atom. The lowest BCUT2D eigenvalue weighted by molar-refractivity contribution is 0.132. The Morgan fingerprint density at radius 1 is 1.11 bits per heavy atom. The maximum absolute atomic E-state index is 2.47. The highest BCUT2D eigenvalue weighted by Gasteiger charge is 2.32. The second-order valence-corrected chi connectivity index (χ2v) is 5.96. The van der Waals surface area contributed by atoms with Gasteiger partial charge in [0.05, 0.1) is 0 Å². The fraction of sp³-hybridized carbons (Fsp3) is 0.500. The first-order chi connectivity index (χ1) is 8.56. The van der Waals surface area contributed by atoms with E-state index in [0.717, 1.165) is 6.04 Å². The molecule has 3 rings (SSSR count). The Balaban J connectivity index is 1.92. The normalized spacial score (nSPS) is 23.6. The topological polar surface area (TPSA) is 8.17 Å². The Hall–Kier alpha value is -1.28. The molecule has 1 fully saturated rings. The summed E-state index contributed by atoms with van der Waals surface area (Å²) in [6.45, 7) is 4.40. The fourth-order valence-electron chi connectivity index (χ4n) is 2.95. The zero-order valence-electron chi connectivity index (χ0n) is 11.8. The summed E-state index contributed by atoms with van der Waals surface area (Å²) in [5.74, 6) is 0. The summed E-state index contributed by atoms with van der Waals surface area (Å²) >= 11 is 0. The van der Waals surface area contributed by atoms with E-state index < -0.39 is 0 Å². The maximum atomic E-state index is 2.47. The van der Waals surface area contributed by atoms with E-state index in [2.05, 4.69) is 61.8 Å². The minimum Gasteiger partial charge on any atom is -0.344 e. The van der Waals surface area contributed by atoms with Gasteiger partial charge in [0.1, 0.15) is 0 Å². The summed E-state index contributed by atoms with van der Waals surface area (Å²) in [5, 5.41) is 1.38. The molecule has 96 valence electrons. The Kier molecular flexibility index (Phi) is 2.70. The minimum absolute atomic E-state index is 0.692.